The van der Waals surface area contributed by atoms with Crippen molar-refractivity contribution in [1.29, 1.82) is 5.26 Å². The topological polar surface area (TPSA) is 56.1 Å². The van der Waals surface area contributed by atoms with Crippen LogP contribution in [0.3, 0.4) is 0 Å². The van der Waals surface area contributed by atoms with Gasteiger partial charge in [0, 0.05) is 24.5 Å². The first-order chi connectivity index (χ1) is 12.9. The Labute approximate surface area is 162 Å². The summed E-state index contributed by atoms with van der Waals surface area (Å²) in [5.41, 5.74) is 3.18. The fraction of sp³-hybridized carbons (Fsp3) is 0.304. The summed E-state index contributed by atoms with van der Waals surface area (Å²) in [4.78, 5) is 14.7. The van der Waals surface area contributed by atoms with Crippen molar-refractivity contribution < 1.29 is 4.79 Å². The lowest BCUT2D eigenvalue weighted by molar-refractivity contribution is -0.129. The zero-order chi connectivity index (χ0) is 19.8. The zero-order valence-corrected chi connectivity index (χ0v) is 16.4. The van der Waals surface area contributed by atoms with Crippen LogP contribution in [-0.2, 0) is 11.3 Å². The van der Waals surface area contributed by atoms with Gasteiger partial charge in [-0.25, -0.2) is 0 Å². The molecule has 2 aromatic rings. The smallest absolute Gasteiger partial charge is 0.266 e. The van der Waals surface area contributed by atoms with Crippen LogP contribution >= 0.6 is 0 Å². The van der Waals surface area contributed by atoms with Crippen LogP contribution in [0.2, 0.25) is 0 Å². The first-order valence-electron chi connectivity index (χ1n) is 9.24. The molecule has 140 valence electrons. The van der Waals surface area contributed by atoms with Crippen LogP contribution in [0.25, 0.3) is 0 Å². The molecule has 0 radical (unpaired) electrons. The third-order valence-corrected chi connectivity index (χ3v) is 4.39. The Kier molecular flexibility index (Phi) is 7.19. The number of nitrogens with zero attached hydrogens (tertiary/aromatic N) is 2. The van der Waals surface area contributed by atoms with E-state index in [1.165, 1.54) is 6.20 Å². The van der Waals surface area contributed by atoms with Crippen molar-refractivity contribution in [3.8, 4) is 6.07 Å². The first kappa shape index (κ1) is 20.3. The molecule has 2 aromatic carbocycles. The maximum absolute atomic E-state index is 13.0. The summed E-state index contributed by atoms with van der Waals surface area (Å²) in [6, 6.07) is 19.8. The van der Waals surface area contributed by atoms with Gasteiger partial charge in [-0.2, -0.15) is 5.26 Å². The number of anilines is 1. The normalized spacial score (nSPS) is 11.4. The molecule has 0 atom stereocenters. The minimum Gasteiger partial charge on any atom is -0.360 e. The molecule has 27 heavy (non-hydrogen) atoms. The Bertz CT molecular complexity index is 832. The number of benzene rings is 2. The summed E-state index contributed by atoms with van der Waals surface area (Å²) in [5, 5.41) is 12.7. The molecular weight excluding hydrogens is 334 g/mol. The van der Waals surface area contributed by atoms with E-state index in [-0.39, 0.29) is 17.5 Å². The molecule has 0 saturated carbocycles. The van der Waals surface area contributed by atoms with Crippen LogP contribution in [-0.4, -0.2) is 16.8 Å². The van der Waals surface area contributed by atoms with Gasteiger partial charge >= 0.3 is 0 Å². The molecule has 0 saturated heterocycles. The van der Waals surface area contributed by atoms with E-state index in [1.54, 1.807) is 4.90 Å². The second-order valence-electron chi connectivity index (χ2n) is 7.07. The van der Waals surface area contributed by atoms with Gasteiger partial charge in [0.1, 0.15) is 11.6 Å². The first-order valence-corrected chi connectivity index (χ1v) is 9.24. The van der Waals surface area contributed by atoms with Crippen molar-refractivity contribution in [3.05, 3.63) is 77.5 Å². The highest BCUT2D eigenvalue weighted by molar-refractivity contribution is 5.97. The van der Waals surface area contributed by atoms with Gasteiger partial charge in [0.15, 0.2) is 0 Å². The van der Waals surface area contributed by atoms with Crippen LogP contribution in [0, 0.1) is 11.3 Å². The molecule has 0 unspecified atom stereocenters. The lowest BCUT2D eigenvalue weighted by atomic mass is 10.0. The molecule has 0 aromatic heterocycles. The van der Waals surface area contributed by atoms with E-state index in [0.29, 0.717) is 12.5 Å². The van der Waals surface area contributed by atoms with Gasteiger partial charge in [0.05, 0.1) is 0 Å². The van der Waals surface area contributed by atoms with Crippen LogP contribution < -0.4 is 5.32 Å². The Morgan fingerprint density at radius 3 is 2.30 bits per heavy atom. The Balaban J connectivity index is 2.23. The fourth-order valence-corrected chi connectivity index (χ4v) is 2.85. The molecule has 4 nitrogen and oxygen atoms in total. The largest absolute Gasteiger partial charge is 0.360 e. The van der Waals surface area contributed by atoms with Gasteiger partial charge in [-0.1, -0.05) is 62.4 Å². The van der Waals surface area contributed by atoms with E-state index in [4.69, 9.17) is 0 Å². The maximum atomic E-state index is 13.0. The molecule has 0 spiro atoms. The summed E-state index contributed by atoms with van der Waals surface area (Å²) in [6.45, 7) is 8.61. The summed E-state index contributed by atoms with van der Waals surface area (Å²) >= 11 is 0. The monoisotopic (exact) mass is 361 g/mol. The summed E-state index contributed by atoms with van der Waals surface area (Å²) in [6.07, 6.45) is 1.52. The molecule has 0 heterocycles. The molecule has 0 aliphatic rings. The van der Waals surface area contributed by atoms with E-state index in [1.807, 2.05) is 74.5 Å². The van der Waals surface area contributed by atoms with Crippen molar-refractivity contribution in [2.75, 3.05) is 5.32 Å². The summed E-state index contributed by atoms with van der Waals surface area (Å²) < 4.78 is 0. The van der Waals surface area contributed by atoms with Crippen molar-refractivity contribution in [1.82, 2.24) is 4.90 Å². The Morgan fingerprint density at radius 1 is 1.07 bits per heavy atom. The van der Waals surface area contributed by atoms with E-state index < -0.39 is 0 Å². The van der Waals surface area contributed by atoms with Crippen molar-refractivity contribution in [2.24, 2.45) is 0 Å². The van der Waals surface area contributed by atoms with Crippen molar-refractivity contribution in [3.63, 3.8) is 0 Å². The van der Waals surface area contributed by atoms with E-state index in [9.17, 15) is 10.1 Å². The number of nitriles is 1. The van der Waals surface area contributed by atoms with Gasteiger partial charge < -0.3 is 10.2 Å². The average molecular weight is 361 g/mol. The lowest BCUT2D eigenvalue weighted by Gasteiger charge is -2.26. The number of hydrogen-bond acceptors (Lipinski definition) is 3. The highest BCUT2D eigenvalue weighted by Gasteiger charge is 2.21. The molecule has 2 rings (SSSR count). The predicted octanol–water partition coefficient (Wildman–Crippen LogP) is 5.07. The summed E-state index contributed by atoms with van der Waals surface area (Å²) in [7, 11) is 0. The average Bonchev–Trinajstić information content (AvgIpc) is 2.67. The standard InChI is InChI=1S/C23H27N3O/c1-17(2)21-12-8-9-13-22(21)25-15-20(14-24)23(27)26(18(3)4)16-19-10-6-5-7-11-19/h5-13,15,17-18,25H,16H2,1-4H3/b20-15-. The second kappa shape index (κ2) is 9.59. The molecule has 1 N–H and O–H groups in total. The Morgan fingerprint density at radius 2 is 1.70 bits per heavy atom. The number of carbonyl (C=O) groups is 1. The molecular formula is C23H27N3O. The minimum absolute atomic E-state index is 0.0163. The van der Waals surface area contributed by atoms with Gasteiger partial charge in [-0.05, 0) is 37.0 Å². The zero-order valence-electron chi connectivity index (χ0n) is 16.4. The van der Waals surface area contributed by atoms with Gasteiger partial charge in [-0.15, -0.1) is 0 Å². The van der Waals surface area contributed by atoms with E-state index in [0.717, 1.165) is 16.8 Å². The number of para-hydroxylation sites is 1. The van der Waals surface area contributed by atoms with Crippen LogP contribution in [0.15, 0.2) is 66.4 Å². The van der Waals surface area contributed by atoms with Crippen molar-refractivity contribution >= 4 is 11.6 Å². The molecule has 1 amide bonds. The summed E-state index contributed by atoms with van der Waals surface area (Å²) in [5.74, 6) is 0.0689. The predicted molar refractivity (Wildman–Crippen MR) is 110 cm³/mol. The lowest BCUT2D eigenvalue weighted by Crippen LogP contribution is -2.37. The van der Waals surface area contributed by atoms with Crippen LogP contribution in [0.5, 0.6) is 0 Å². The number of carbonyl (C=O) groups excluding carboxylic acids is 1. The molecule has 0 bridgehead atoms. The number of hydrogen-bond donors (Lipinski definition) is 1. The minimum atomic E-state index is -0.272. The van der Waals surface area contributed by atoms with Gasteiger partial charge in [0.2, 0.25) is 0 Å². The SMILES string of the molecule is CC(C)c1ccccc1N/C=C(/C#N)C(=O)N(Cc1ccccc1)C(C)C. The molecule has 0 fully saturated rings. The highest BCUT2D eigenvalue weighted by atomic mass is 16.2. The van der Waals surface area contributed by atoms with E-state index >= 15 is 0 Å². The quantitative estimate of drug-likeness (QED) is 0.553. The molecule has 4 heteroatoms. The third kappa shape index (κ3) is 5.46. The second-order valence-corrected chi connectivity index (χ2v) is 7.07. The van der Waals surface area contributed by atoms with Crippen LogP contribution in [0.1, 0.15) is 44.7 Å². The maximum Gasteiger partial charge on any atom is 0.266 e. The Hall–Kier alpha value is -3.06. The fourth-order valence-electron chi connectivity index (χ4n) is 2.85. The highest BCUT2D eigenvalue weighted by Crippen LogP contribution is 2.24. The number of nitrogens with one attached hydrogen (secondary N) is 1. The number of amides is 1. The van der Waals surface area contributed by atoms with E-state index in [2.05, 4.69) is 19.2 Å². The molecule has 0 aliphatic heterocycles. The molecule has 0 aliphatic carbocycles. The van der Waals surface area contributed by atoms with Gasteiger partial charge in [-0.3, -0.25) is 4.79 Å². The van der Waals surface area contributed by atoms with Crippen molar-refractivity contribution in [2.45, 2.75) is 46.2 Å². The van der Waals surface area contributed by atoms with Gasteiger partial charge in [0.25, 0.3) is 5.91 Å². The van der Waals surface area contributed by atoms with Crippen LogP contribution in [0.4, 0.5) is 5.69 Å². The third-order valence-electron chi connectivity index (χ3n) is 4.39. The number of rotatable bonds is 7.